The molecule has 0 aliphatic carbocycles. The predicted octanol–water partition coefficient (Wildman–Crippen LogP) is 1.55. The van der Waals surface area contributed by atoms with E-state index in [-0.39, 0.29) is 17.1 Å². The van der Waals surface area contributed by atoms with Gasteiger partial charge in [-0.3, -0.25) is 4.79 Å². The average molecular weight is 237 g/mol. The first-order valence-electron chi connectivity index (χ1n) is 4.99. The number of hydrogen-bond acceptors (Lipinski definition) is 3. The lowest BCUT2D eigenvalue weighted by atomic mass is 10.0. The van der Waals surface area contributed by atoms with Crippen molar-refractivity contribution >= 4 is 21.5 Å². The molecule has 1 aromatic rings. The molecule has 0 spiro atoms. The Morgan fingerprint density at radius 3 is 2.69 bits per heavy atom. The first-order chi connectivity index (χ1) is 7.54. The van der Waals surface area contributed by atoms with Crippen molar-refractivity contribution in [2.45, 2.75) is 24.7 Å². The second-order valence-corrected chi connectivity index (χ2v) is 5.15. The lowest BCUT2D eigenvalue weighted by molar-refractivity contribution is -0.117. The third kappa shape index (κ3) is 1.78. The number of sulfonamides is 1. The third-order valence-corrected chi connectivity index (χ3v) is 3.84. The highest BCUT2D eigenvalue weighted by Crippen LogP contribution is 2.27. The Morgan fingerprint density at radius 2 is 2.00 bits per heavy atom. The summed E-state index contributed by atoms with van der Waals surface area (Å²) in [5.74, 6) is -0.00865. The third-order valence-electron chi connectivity index (χ3n) is 2.47. The Morgan fingerprint density at radius 1 is 1.31 bits per heavy atom. The van der Waals surface area contributed by atoms with Crippen molar-refractivity contribution in [1.82, 2.24) is 0 Å². The summed E-state index contributed by atoms with van der Waals surface area (Å²) < 4.78 is 26.9. The molecule has 1 heterocycles. The number of hydrogen-bond donors (Lipinski definition) is 0. The number of rotatable bonds is 3. The normalized spacial score (nSPS) is 16.7. The van der Waals surface area contributed by atoms with Crippen LogP contribution in [0.5, 0.6) is 0 Å². The van der Waals surface area contributed by atoms with Gasteiger partial charge in [-0.15, -0.1) is 0 Å². The molecule has 0 saturated carbocycles. The molecule has 5 heteroatoms. The van der Waals surface area contributed by atoms with Gasteiger partial charge in [0.15, 0.2) is 0 Å². The van der Waals surface area contributed by atoms with Crippen LogP contribution in [0.3, 0.4) is 0 Å². The van der Waals surface area contributed by atoms with E-state index in [1.54, 1.807) is 25.1 Å². The van der Waals surface area contributed by atoms with Crippen LogP contribution in [-0.2, 0) is 14.8 Å². The van der Waals surface area contributed by atoms with Crippen LogP contribution in [-0.4, -0.2) is 19.9 Å². The lowest BCUT2D eigenvalue weighted by Crippen LogP contribution is -2.06. The first kappa shape index (κ1) is 11.0. The Balaban J connectivity index is 2.47. The number of Topliss-reactive ketones (excluding diaryl/α,β-unsaturated/α-hetero) is 1. The van der Waals surface area contributed by atoms with Crippen LogP contribution in [0.25, 0.3) is 0 Å². The highest BCUT2D eigenvalue weighted by atomic mass is 32.2. The van der Waals surface area contributed by atoms with Gasteiger partial charge in [0, 0.05) is 12.0 Å². The molecule has 0 N–H and O–H groups in total. The van der Waals surface area contributed by atoms with Gasteiger partial charge in [0.05, 0.1) is 17.0 Å². The van der Waals surface area contributed by atoms with Crippen LogP contribution >= 0.6 is 0 Å². The molecule has 16 heavy (non-hydrogen) atoms. The minimum atomic E-state index is -3.57. The molecular formula is C11H11NO3S. The maximum Gasteiger partial charge on any atom is 0.283 e. The van der Waals surface area contributed by atoms with Gasteiger partial charge in [0.2, 0.25) is 0 Å². The summed E-state index contributed by atoms with van der Waals surface area (Å²) in [5, 5.41) is 0. The van der Waals surface area contributed by atoms with Crippen molar-refractivity contribution < 1.29 is 13.2 Å². The van der Waals surface area contributed by atoms with Gasteiger partial charge in [-0.1, -0.05) is 25.1 Å². The SMILES string of the molecule is CCC(=O)CC1=NS(=O)(=O)c2ccccc21. The minimum absolute atomic E-state index is 0.00865. The van der Waals surface area contributed by atoms with Crippen molar-refractivity contribution in [3.8, 4) is 0 Å². The summed E-state index contributed by atoms with van der Waals surface area (Å²) in [6, 6.07) is 6.58. The van der Waals surface area contributed by atoms with E-state index < -0.39 is 10.0 Å². The van der Waals surface area contributed by atoms with E-state index >= 15 is 0 Å². The molecule has 0 fully saturated rings. The van der Waals surface area contributed by atoms with Gasteiger partial charge < -0.3 is 0 Å². The van der Waals surface area contributed by atoms with Crippen LogP contribution in [0.15, 0.2) is 33.6 Å². The van der Waals surface area contributed by atoms with Crippen LogP contribution in [0.1, 0.15) is 25.3 Å². The molecule has 0 unspecified atom stereocenters. The molecule has 4 nitrogen and oxygen atoms in total. The van der Waals surface area contributed by atoms with E-state index in [2.05, 4.69) is 4.40 Å². The summed E-state index contributed by atoms with van der Waals surface area (Å²) in [5.41, 5.74) is 0.923. The molecule has 1 aliphatic heterocycles. The van der Waals surface area contributed by atoms with Gasteiger partial charge >= 0.3 is 0 Å². The predicted molar refractivity (Wildman–Crippen MR) is 60.1 cm³/mol. The maximum absolute atomic E-state index is 11.6. The summed E-state index contributed by atoms with van der Waals surface area (Å²) >= 11 is 0. The summed E-state index contributed by atoms with van der Waals surface area (Å²) in [4.78, 5) is 11.5. The average Bonchev–Trinajstić information content (AvgIpc) is 2.51. The molecule has 84 valence electrons. The van der Waals surface area contributed by atoms with Gasteiger partial charge in [0.25, 0.3) is 10.0 Å². The largest absolute Gasteiger partial charge is 0.299 e. The Labute approximate surface area is 94.1 Å². The van der Waals surface area contributed by atoms with Gasteiger partial charge in [-0.2, -0.15) is 12.8 Å². The zero-order valence-electron chi connectivity index (χ0n) is 8.80. The van der Waals surface area contributed by atoms with Crippen molar-refractivity contribution in [2.75, 3.05) is 0 Å². The first-order valence-corrected chi connectivity index (χ1v) is 6.43. The van der Waals surface area contributed by atoms with E-state index in [4.69, 9.17) is 0 Å². The fourth-order valence-electron chi connectivity index (χ4n) is 1.61. The summed E-state index contributed by atoms with van der Waals surface area (Å²) in [7, 11) is -3.57. The molecule has 0 radical (unpaired) electrons. The monoisotopic (exact) mass is 237 g/mol. The minimum Gasteiger partial charge on any atom is -0.299 e. The smallest absolute Gasteiger partial charge is 0.283 e. The highest BCUT2D eigenvalue weighted by molar-refractivity contribution is 7.90. The van der Waals surface area contributed by atoms with Crippen LogP contribution < -0.4 is 0 Å². The molecule has 1 aromatic carbocycles. The lowest BCUT2D eigenvalue weighted by Gasteiger charge is -1.99. The van der Waals surface area contributed by atoms with E-state index in [0.29, 0.717) is 17.7 Å². The zero-order chi connectivity index (χ0) is 11.8. The maximum atomic E-state index is 11.6. The van der Waals surface area contributed by atoms with Crippen molar-refractivity contribution in [3.05, 3.63) is 29.8 Å². The van der Waals surface area contributed by atoms with Gasteiger partial charge in [0.1, 0.15) is 5.78 Å². The van der Waals surface area contributed by atoms with E-state index in [9.17, 15) is 13.2 Å². The molecule has 1 aliphatic rings. The van der Waals surface area contributed by atoms with Crippen molar-refractivity contribution in [1.29, 1.82) is 0 Å². The number of carbonyl (C=O) groups excluding carboxylic acids is 1. The summed E-state index contributed by atoms with van der Waals surface area (Å²) in [6.07, 6.45) is 0.480. The van der Waals surface area contributed by atoms with Crippen LogP contribution in [0, 0.1) is 0 Å². The Hall–Kier alpha value is -1.49. The van der Waals surface area contributed by atoms with E-state index in [1.807, 2.05) is 0 Å². The molecule has 0 atom stereocenters. The van der Waals surface area contributed by atoms with E-state index in [1.165, 1.54) is 6.07 Å². The molecule has 0 saturated heterocycles. The molecule has 2 rings (SSSR count). The van der Waals surface area contributed by atoms with Crippen LogP contribution in [0.2, 0.25) is 0 Å². The molecular weight excluding hydrogens is 226 g/mol. The standard InChI is InChI=1S/C11H11NO3S/c1-2-8(13)7-10-9-5-3-4-6-11(9)16(14,15)12-10/h3-6H,2,7H2,1H3. The molecule has 0 bridgehead atoms. The number of ketones is 1. The number of benzene rings is 1. The van der Waals surface area contributed by atoms with Crippen molar-refractivity contribution in [3.63, 3.8) is 0 Å². The van der Waals surface area contributed by atoms with Crippen LogP contribution in [0.4, 0.5) is 0 Å². The summed E-state index contributed by atoms with van der Waals surface area (Å²) in [6.45, 7) is 1.75. The fourth-order valence-corrected chi connectivity index (χ4v) is 2.88. The Bertz CT molecular complexity index is 573. The fraction of sp³-hybridized carbons (Fsp3) is 0.273. The quantitative estimate of drug-likeness (QED) is 0.801. The molecule has 0 amide bonds. The number of carbonyl (C=O) groups is 1. The highest BCUT2D eigenvalue weighted by Gasteiger charge is 2.28. The van der Waals surface area contributed by atoms with Gasteiger partial charge in [-0.25, -0.2) is 0 Å². The Kier molecular flexibility index (Phi) is 2.63. The van der Waals surface area contributed by atoms with E-state index in [0.717, 1.165) is 0 Å². The number of fused-ring (bicyclic) bond motifs is 1. The zero-order valence-corrected chi connectivity index (χ0v) is 9.62. The molecule has 0 aromatic heterocycles. The number of nitrogens with zero attached hydrogens (tertiary/aromatic N) is 1. The topological polar surface area (TPSA) is 63.6 Å². The van der Waals surface area contributed by atoms with Crippen molar-refractivity contribution in [2.24, 2.45) is 4.40 Å². The second-order valence-electron chi connectivity index (χ2n) is 3.58. The van der Waals surface area contributed by atoms with Gasteiger partial charge in [-0.05, 0) is 6.07 Å². The second kappa shape index (κ2) is 3.83.